The van der Waals surface area contributed by atoms with Crippen LogP contribution in [-0.2, 0) is 10.0 Å². The fraction of sp³-hybridized carbons (Fsp3) is 0.235. The maximum Gasteiger partial charge on any atom is 0.255 e. The van der Waals surface area contributed by atoms with E-state index >= 15 is 0 Å². The number of benzene rings is 2. The quantitative estimate of drug-likeness (QED) is 0.941. The van der Waals surface area contributed by atoms with Gasteiger partial charge in [-0.25, -0.2) is 8.42 Å². The zero-order chi connectivity index (χ0) is 16.4. The summed E-state index contributed by atoms with van der Waals surface area (Å²) >= 11 is 0. The molecule has 0 radical (unpaired) electrons. The minimum atomic E-state index is -3.23. The molecule has 6 heteroatoms. The van der Waals surface area contributed by atoms with Gasteiger partial charge >= 0.3 is 0 Å². The lowest BCUT2D eigenvalue weighted by molar-refractivity contribution is 0.102. The van der Waals surface area contributed by atoms with Crippen LogP contribution >= 0.6 is 0 Å². The Morgan fingerprint density at radius 1 is 1.13 bits per heavy atom. The van der Waals surface area contributed by atoms with Crippen LogP contribution in [0, 0.1) is 6.92 Å². The van der Waals surface area contributed by atoms with Crippen molar-refractivity contribution in [1.29, 1.82) is 0 Å². The van der Waals surface area contributed by atoms with Crippen LogP contribution < -0.4 is 9.62 Å². The number of nitrogens with zero attached hydrogens (tertiary/aromatic N) is 1. The molecule has 0 aliphatic carbocycles. The van der Waals surface area contributed by atoms with Gasteiger partial charge in [-0.1, -0.05) is 24.3 Å². The fourth-order valence-electron chi connectivity index (χ4n) is 2.61. The minimum Gasteiger partial charge on any atom is -0.322 e. The van der Waals surface area contributed by atoms with Gasteiger partial charge in [-0.15, -0.1) is 0 Å². The molecule has 5 nitrogen and oxygen atoms in total. The van der Waals surface area contributed by atoms with Gasteiger partial charge < -0.3 is 5.32 Å². The first-order chi connectivity index (χ1) is 11.0. The fourth-order valence-corrected chi connectivity index (χ4v) is 4.17. The van der Waals surface area contributed by atoms with Crippen molar-refractivity contribution in [3.63, 3.8) is 0 Å². The predicted octanol–water partition coefficient (Wildman–Crippen LogP) is 2.79. The molecule has 0 aromatic heterocycles. The van der Waals surface area contributed by atoms with Crippen molar-refractivity contribution in [2.45, 2.75) is 13.3 Å². The van der Waals surface area contributed by atoms with Crippen molar-refractivity contribution >= 4 is 27.3 Å². The molecular weight excluding hydrogens is 312 g/mol. The van der Waals surface area contributed by atoms with Crippen molar-refractivity contribution in [1.82, 2.24) is 0 Å². The van der Waals surface area contributed by atoms with Crippen molar-refractivity contribution in [2.75, 3.05) is 21.9 Å². The summed E-state index contributed by atoms with van der Waals surface area (Å²) in [6, 6.07) is 14.2. The molecule has 0 saturated carbocycles. The van der Waals surface area contributed by atoms with E-state index in [0.29, 0.717) is 29.9 Å². The van der Waals surface area contributed by atoms with Gasteiger partial charge in [-0.3, -0.25) is 9.10 Å². The van der Waals surface area contributed by atoms with Crippen LogP contribution in [0.1, 0.15) is 22.3 Å². The average Bonchev–Trinajstić information content (AvgIpc) is 2.90. The van der Waals surface area contributed by atoms with E-state index in [4.69, 9.17) is 0 Å². The molecule has 1 aliphatic rings. The van der Waals surface area contributed by atoms with Crippen molar-refractivity contribution in [2.24, 2.45) is 0 Å². The van der Waals surface area contributed by atoms with Gasteiger partial charge in [0.15, 0.2) is 0 Å². The molecule has 3 rings (SSSR count). The molecule has 120 valence electrons. The van der Waals surface area contributed by atoms with Crippen LogP contribution in [0.25, 0.3) is 0 Å². The van der Waals surface area contributed by atoms with Gasteiger partial charge in [-0.2, -0.15) is 0 Å². The molecule has 23 heavy (non-hydrogen) atoms. The van der Waals surface area contributed by atoms with E-state index in [-0.39, 0.29) is 11.7 Å². The van der Waals surface area contributed by atoms with Gasteiger partial charge in [0.05, 0.1) is 11.4 Å². The Labute approximate surface area is 136 Å². The van der Waals surface area contributed by atoms with Gasteiger partial charge in [-0.05, 0) is 43.2 Å². The summed E-state index contributed by atoms with van der Waals surface area (Å²) in [7, 11) is -3.23. The van der Waals surface area contributed by atoms with E-state index in [0.717, 1.165) is 5.56 Å². The zero-order valence-corrected chi connectivity index (χ0v) is 13.6. The van der Waals surface area contributed by atoms with Gasteiger partial charge in [0, 0.05) is 17.8 Å². The topological polar surface area (TPSA) is 66.5 Å². The number of aryl methyl sites for hydroxylation is 1. The highest BCUT2D eigenvalue weighted by Gasteiger charge is 2.28. The molecule has 0 spiro atoms. The van der Waals surface area contributed by atoms with Gasteiger partial charge in [0.25, 0.3) is 5.91 Å². The van der Waals surface area contributed by atoms with Crippen LogP contribution in [0.2, 0.25) is 0 Å². The molecule has 1 aliphatic heterocycles. The highest BCUT2D eigenvalue weighted by atomic mass is 32.2. The molecular formula is C17H18N2O3S. The molecule has 1 fully saturated rings. The highest BCUT2D eigenvalue weighted by molar-refractivity contribution is 7.93. The molecule has 1 N–H and O–H groups in total. The number of carbonyl (C=O) groups is 1. The summed E-state index contributed by atoms with van der Waals surface area (Å²) in [5.41, 5.74) is 2.66. The second-order valence-electron chi connectivity index (χ2n) is 5.56. The molecule has 2 aromatic carbocycles. The third-order valence-electron chi connectivity index (χ3n) is 3.89. The lowest BCUT2D eigenvalue weighted by Gasteiger charge is -2.19. The van der Waals surface area contributed by atoms with Crippen LogP contribution in [-0.4, -0.2) is 26.6 Å². The Kier molecular flexibility index (Phi) is 4.09. The molecule has 0 unspecified atom stereocenters. The van der Waals surface area contributed by atoms with Crippen LogP contribution in [0.3, 0.4) is 0 Å². The number of anilines is 2. The number of hydrogen-bond donors (Lipinski definition) is 1. The Morgan fingerprint density at radius 2 is 1.87 bits per heavy atom. The Balaban J connectivity index is 1.88. The Morgan fingerprint density at radius 3 is 2.52 bits per heavy atom. The minimum absolute atomic E-state index is 0.173. The van der Waals surface area contributed by atoms with Crippen molar-refractivity contribution in [3.8, 4) is 0 Å². The van der Waals surface area contributed by atoms with E-state index in [1.165, 1.54) is 4.31 Å². The van der Waals surface area contributed by atoms with E-state index in [1.54, 1.807) is 36.4 Å². The summed E-state index contributed by atoms with van der Waals surface area (Å²) in [6.45, 7) is 2.36. The second-order valence-corrected chi connectivity index (χ2v) is 7.57. The maximum atomic E-state index is 12.3. The smallest absolute Gasteiger partial charge is 0.255 e. The highest BCUT2D eigenvalue weighted by Crippen LogP contribution is 2.28. The molecule has 0 bridgehead atoms. The monoisotopic (exact) mass is 330 g/mol. The predicted molar refractivity (Wildman–Crippen MR) is 91.3 cm³/mol. The second kappa shape index (κ2) is 6.04. The lowest BCUT2D eigenvalue weighted by Crippen LogP contribution is -2.25. The van der Waals surface area contributed by atoms with Crippen LogP contribution in [0.15, 0.2) is 48.5 Å². The number of hydrogen-bond acceptors (Lipinski definition) is 3. The summed E-state index contributed by atoms with van der Waals surface area (Å²) in [4.78, 5) is 12.3. The van der Waals surface area contributed by atoms with E-state index in [1.807, 2.05) is 19.1 Å². The van der Waals surface area contributed by atoms with Gasteiger partial charge in [0.1, 0.15) is 0 Å². The molecule has 0 atom stereocenters. The number of carbonyl (C=O) groups excluding carboxylic acids is 1. The zero-order valence-electron chi connectivity index (χ0n) is 12.8. The lowest BCUT2D eigenvalue weighted by atomic mass is 10.1. The maximum absolute atomic E-state index is 12.3. The first kappa shape index (κ1) is 15.6. The van der Waals surface area contributed by atoms with Crippen LogP contribution in [0.4, 0.5) is 11.4 Å². The van der Waals surface area contributed by atoms with E-state index in [9.17, 15) is 13.2 Å². The number of sulfonamides is 1. The van der Waals surface area contributed by atoms with Crippen molar-refractivity contribution < 1.29 is 13.2 Å². The van der Waals surface area contributed by atoms with E-state index < -0.39 is 10.0 Å². The van der Waals surface area contributed by atoms with Gasteiger partial charge in [0.2, 0.25) is 10.0 Å². The Bertz CT molecular complexity index is 832. The normalized spacial score (nSPS) is 16.3. The first-order valence-electron chi connectivity index (χ1n) is 7.45. The van der Waals surface area contributed by atoms with Crippen molar-refractivity contribution in [3.05, 3.63) is 59.7 Å². The number of amides is 1. The summed E-state index contributed by atoms with van der Waals surface area (Å²) in [6.07, 6.45) is 0.627. The molecule has 2 aromatic rings. The third kappa shape index (κ3) is 3.22. The molecule has 1 amide bonds. The number of nitrogens with one attached hydrogen (secondary N) is 1. The Hall–Kier alpha value is -2.34. The SMILES string of the molecule is Cc1ccc(N2CCCS2(=O)=O)cc1NC(=O)c1ccccc1. The third-order valence-corrected chi connectivity index (χ3v) is 5.76. The largest absolute Gasteiger partial charge is 0.322 e. The average molecular weight is 330 g/mol. The summed E-state index contributed by atoms with van der Waals surface area (Å²) < 4.78 is 25.5. The summed E-state index contributed by atoms with van der Waals surface area (Å²) in [5.74, 6) is -0.0396. The van der Waals surface area contributed by atoms with E-state index in [2.05, 4.69) is 5.32 Å². The standard InChI is InChI=1S/C17H18N2O3S/c1-13-8-9-15(19-10-5-11-23(19,21)22)12-16(13)18-17(20)14-6-3-2-4-7-14/h2-4,6-9,12H,5,10-11H2,1H3,(H,18,20). The molecule has 1 saturated heterocycles. The summed E-state index contributed by atoms with van der Waals surface area (Å²) in [5, 5.41) is 2.86. The molecule has 1 heterocycles. The number of rotatable bonds is 3. The first-order valence-corrected chi connectivity index (χ1v) is 9.06. The van der Waals surface area contributed by atoms with Crippen LogP contribution in [0.5, 0.6) is 0 Å².